The van der Waals surface area contributed by atoms with Gasteiger partial charge in [-0.3, -0.25) is 0 Å². The van der Waals surface area contributed by atoms with E-state index in [9.17, 15) is 0 Å². The van der Waals surface area contributed by atoms with Crippen LogP contribution in [0.5, 0.6) is 0 Å². The van der Waals surface area contributed by atoms with E-state index in [-0.39, 0.29) is 0 Å². The molecule has 2 N–H and O–H groups in total. The monoisotopic (exact) mass is 329 g/mol. The predicted molar refractivity (Wildman–Crippen MR) is 82.2 cm³/mol. The second-order valence-electron chi connectivity index (χ2n) is 3.60. The third-order valence-corrected chi connectivity index (χ3v) is 3.03. The minimum absolute atomic E-state index is 0.540. The number of nitrogens with zero attached hydrogens (tertiary/aromatic N) is 1. The van der Waals surface area contributed by atoms with Gasteiger partial charge in [0.05, 0.1) is 6.54 Å². The van der Waals surface area contributed by atoms with Crippen molar-refractivity contribution in [3.63, 3.8) is 0 Å². The molecule has 0 spiro atoms. The Hall–Kier alpha value is -1.00. The highest BCUT2D eigenvalue weighted by Gasteiger charge is 2.01. The number of benzene rings is 1. The number of guanidine groups is 1. The van der Waals surface area contributed by atoms with Crippen molar-refractivity contribution in [3.8, 4) is 0 Å². The molecule has 5 heteroatoms. The number of nitrogens with one attached hydrogen (secondary N) is 2. The van der Waals surface area contributed by atoms with Crippen molar-refractivity contribution in [3.05, 3.63) is 45.9 Å². The summed E-state index contributed by atoms with van der Waals surface area (Å²) in [6.07, 6.45) is 1.79. The zero-order valence-corrected chi connectivity index (χ0v) is 12.7. The number of hydrogen-bond acceptors (Lipinski definition) is 1. The molecule has 0 saturated carbocycles. The quantitative estimate of drug-likeness (QED) is 0.493. The molecule has 1 aromatic carbocycles. The third-order valence-electron chi connectivity index (χ3n) is 2.18. The first-order chi connectivity index (χ1) is 8.67. The van der Waals surface area contributed by atoms with Crippen molar-refractivity contribution in [1.29, 1.82) is 0 Å². The Morgan fingerprint density at radius 2 is 2.28 bits per heavy atom. The van der Waals surface area contributed by atoms with Crippen molar-refractivity contribution in [2.75, 3.05) is 13.1 Å². The van der Waals surface area contributed by atoms with Gasteiger partial charge in [0.25, 0.3) is 0 Å². The van der Waals surface area contributed by atoms with Gasteiger partial charge in [-0.2, -0.15) is 0 Å². The molecule has 0 unspecified atom stereocenters. The van der Waals surface area contributed by atoms with Gasteiger partial charge in [0.15, 0.2) is 5.96 Å². The van der Waals surface area contributed by atoms with Crippen molar-refractivity contribution in [2.45, 2.75) is 13.5 Å². The standard InChI is InChI=1S/C13H17BrClN3/c1-3-7-17-13(16-4-2)18-9-10-5-6-11(14)8-12(10)15/h3,5-6,8H,1,4,7,9H2,2H3,(H2,16,17,18). The van der Waals surface area contributed by atoms with E-state index < -0.39 is 0 Å². The summed E-state index contributed by atoms with van der Waals surface area (Å²) in [6, 6.07) is 5.80. The van der Waals surface area contributed by atoms with Crippen molar-refractivity contribution < 1.29 is 0 Å². The third kappa shape index (κ3) is 5.10. The highest BCUT2D eigenvalue weighted by molar-refractivity contribution is 9.10. The van der Waals surface area contributed by atoms with E-state index in [2.05, 4.69) is 38.1 Å². The van der Waals surface area contributed by atoms with E-state index in [1.165, 1.54) is 0 Å². The summed E-state index contributed by atoms with van der Waals surface area (Å²) in [5, 5.41) is 7.01. The lowest BCUT2D eigenvalue weighted by Crippen LogP contribution is -2.37. The van der Waals surface area contributed by atoms with Crippen LogP contribution in [-0.2, 0) is 6.54 Å². The van der Waals surface area contributed by atoms with E-state index in [4.69, 9.17) is 11.6 Å². The first-order valence-electron chi connectivity index (χ1n) is 5.74. The normalized spacial score (nSPS) is 11.2. The zero-order chi connectivity index (χ0) is 13.4. The maximum atomic E-state index is 6.14. The van der Waals surface area contributed by atoms with Crippen molar-refractivity contribution in [2.24, 2.45) is 4.99 Å². The summed E-state index contributed by atoms with van der Waals surface area (Å²) >= 11 is 9.52. The van der Waals surface area contributed by atoms with Gasteiger partial charge in [-0.25, -0.2) is 4.99 Å². The second-order valence-corrected chi connectivity index (χ2v) is 4.92. The molecule has 0 heterocycles. The molecule has 0 radical (unpaired) electrons. The van der Waals surface area contributed by atoms with Crippen molar-refractivity contribution in [1.82, 2.24) is 10.6 Å². The van der Waals surface area contributed by atoms with Crippen LogP contribution in [0.1, 0.15) is 12.5 Å². The maximum Gasteiger partial charge on any atom is 0.191 e. The Kier molecular flexibility index (Phi) is 6.83. The average Bonchev–Trinajstić information content (AvgIpc) is 2.34. The smallest absolute Gasteiger partial charge is 0.191 e. The van der Waals surface area contributed by atoms with Gasteiger partial charge in [0.2, 0.25) is 0 Å². The summed E-state index contributed by atoms with van der Waals surface area (Å²) in [6.45, 7) is 7.73. The van der Waals surface area contributed by atoms with Crippen molar-refractivity contribution >= 4 is 33.5 Å². The molecular weight excluding hydrogens is 314 g/mol. The Labute approximate surface area is 121 Å². The highest BCUT2D eigenvalue weighted by atomic mass is 79.9. The number of aliphatic imine (C=N–C) groups is 1. The van der Waals surface area contributed by atoms with Crippen LogP contribution in [0, 0.1) is 0 Å². The number of halogens is 2. The topological polar surface area (TPSA) is 36.4 Å². The fourth-order valence-electron chi connectivity index (χ4n) is 1.32. The predicted octanol–water partition coefficient (Wildman–Crippen LogP) is 3.34. The molecule has 1 rings (SSSR count). The molecule has 0 fully saturated rings. The lowest BCUT2D eigenvalue weighted by molar-refractivity contribution is 0.860. The van der Waals surface area contributed by atoms with Crippen LogP contribution in [0.15, 0.2) is 40.3 Å². The van der Waals surface area contributed by atoms with Gasteiger partial charge in [0.1, 0.15) is 0 Å². The Morgan fingerprint density at radius 1 is 1.50 bits per heavy atom. The number of hydrogen-bond donors (Lipinski definition) is 2. The molecule has 0 amide bonds. The van der Waals surface area contributed by atoms with Gasteiger partial charge in [-0.1, -0.05) is 39.7 Å². The summed E-state index contributed by atoms with van der Waals surface area (Å²) < 4.78 is 0.969. The molecule has 0 atom stereocenters. The first kappa shape index (κ1) is 15.1. The largest absolute Gasteiger partial charge is 0.357 e. The molecule has 3 nitrogen and oxygen atoms in total. The summed E-state index contributed by atoms with van der Waals surface area (Å²) in [7, 11) is 0. The van der Waals surface area contributed by atoms with Crippen LogP contribution in [0.3, 0.4) is 0 Å². The van der Waals surface area contributed by atoms with Crippen LogP contribution in [0.4, 0.5) is 0 Å². The van der Waals surface area contributed by atoms with Gasteiger partial charge < -0.3 is 10.6 Å². The molecule has 0 aliphatic rings. The van der Waals surface area contributed by atoms with Crippen LogP contribution >= 0.6 is 27.5 Å². The van der Waals surface area contributed by atoms with Gasteiger partial charge in [-0.05, 0) is 24.6 Å². The molecular formula is C13H17BrClN3. The summed E-state index contributed by atoms with van der Waals surface area (Å²) in [5.74, 6) is 0.761. The molecule has 0 aromatic heterocycles. The van der Waals surface area contributed by atoms with E-state index in [0.717, 1.165) is 22.5 Å². The van der Waals surface area contributed by atoms with Gasteiger partial charge >= 0.3 is 0 Å². The Bertz CT molecular complexity index is 432. The molecule has 0 bridgehead atoms. The van der Waals surface area contributed by atoms with E-state index in [0.29, 0.717) is 18.1 Å². The van der Waals surface area contributed by atoms with Crippen LogP contribution in [-0.4, -0.2) is 19.0 Å². The summed E-state index contributed by atoms with van der Waals surface area (Å²) in [4.78, 5) is 4.46. The molecule has 0 aliphatic heterocycles. The molecule has 1 aromatic rings. The highest BCUT2D eigenvalue weighted by Crippen LogP contribution is 2.21. The minimum atomic E-state index is 0.540. The van der Waals surface area contributed by atoms with Crippen LogP contribution < -0.4 is 10.6 Å². The summed E-state index contributed by atoms with van der Waals surface area (Å²) in [5.41, 5.74) is 0.996. The molecule has 18 heavy (non-hydrogen) atoms. The fraction of sp³-hybridized carbons (Fsp3) is 0.308. The molecule has 0 saturated heterocycles. The van der Waals surface area contributed by atoms with E-state index >= 15 is 0 Å². The first-order valence-corrected chi connectivity index (χ1v) is 6.91. The average molecular weight is 331 g/mol. The minimum Gasteiger partial charge on any atom is -0.357 e. The molecule has 98 valence electrons. The zero-order valence-electron chi connectivity index (χ0n) is 10.3. The van der Waals surface area contributed by atoms with Crippen LogP contribution in [0.25, 0.3) is 0 Å². The van der Waals surface area contributed by atoms with E-state index in [1.54, 1.807) is 6.08 Å². The molecule has 0 aliphatic carbocycles. The SMILES string of the molecule is C=CCNC(=NCc1ccc(Br)cc1Cl)NCC. The lowest BCUT2D eigenvalue weighted by atomic mass is 10.2. The number of rotatable bonds is 5. The van der Waals surface area contributed by atoms with Gasteiger partial charge in [-0.15, -0.1) is 6.58 Å². The second kappa shape index (κ2) is 8.16. The fourth-order valence-corrected chi connectivity index (χ4v) is 2.06. The van der Waals surface area contributed by atoms with E-state index in [1.807, 2.05) is 25.1 Å². The Morgan fingerprint density at radius 3 is 2.89 bits per heavy atom. The van der Waals surface area contributed by atoms with Gasteiger partial charge in [0, 0.05) is 22.6 Å². The van der Waals surface area contributed by atoms with Crippen LogP contribution in [0.2, 0.25) is 5.02 Å². The lowest BCUT2D eigenvalue weighted by Gasteiger charge is -2.09. The Balaban J connectivity index is 2.71. The maximum absolute atomic E-state index is 6.14.